The zero-order chi connectivity index (χ0) is 31.1. The van der Waals surface area contributed by atoms with Gasteiger partial charge in [-0.25, -0.2) is 0 Å². The van der Waals surface area contributed by atoms with E-state index in [4.69, 9.17) is 23.5 Å². The first-order valence-electron chi connectivity index (χ1n) is 12.5. The third-order valence-electron chi connectivity index (χ3n) is 6.06. The smallest absolute Gasteiger partial charge is 0.203 e. The van der Waals surface area contributed by atoms with E-state index in [1.807, 2.05) is 0 Å². The number of hydrogen-bond acceptors (Lipinski definition) is 14. The molecule has 0 radical (unpaired) electrons. The minimum absolute atomic E-state index is 0.0615. The summed E-state index contributed by atoms with van der Waals surface area (Å²) in [6.07, 6.45) is 1.02. The largest absolute Gasteiger partial charge is 0.493 e. The second kappa shape index (κ2) is 10.7. The third-order valence-corrected chi connectivity index (χ3v) is 6.78. The van der Waals surface area contributed by atoms with Gasteiger partial charge in [-0.3, -0.25) is 0 Å². The van der Waals surface area contributed by atoms with Gasteiger partial charge >= 0.3 is 176 Å². The van der Waals surface area contributed by atoms with Crippen LogP contribution in [0.25, 0.3) is 0 Å². The Morgan fingerprint density at radius 1 is 1.10 bits per heavy atom. The molecule has 1 amide bonds. The molecule has 2 aliphatic heterocycles. The van der Waals surface area contributed by atoms with Gasteiger partial charge < -0.3 is 14.2 Å². The number of fused-ring (bicyclic) bond motifs is 1. The van der Waals surface area contributed by atoms with Gasteiger partial charge in [-0.05, 0) is 0 Å². The van der Waals surface area contributed by atoms with Crippen LogP contribution in [0, 0.1) is 0 Å². The van der Waals surface area contributed by atoms with E-state index in [0.717, 1.165) is 11.1 Å². The molecule has 17 heteroatoms. The summed E-state index contributed by atoms with van der Waals surface area (Å²) < 4.78 is 41.7. The van der Waals surface area contributed by atoms with Gasteiger partial charge in [0, 0.05) is 12.1 Å². The molecule has 0 saturated carbocycles. The maximum Gasteiger partial charge on any atom is 0.203 e. The molecule has 0 saturated heterocycles. The predicted octanol–water partition coefficient (Wildman–Crippen LogP) is 2.42. The van der Waals surface area contributed by atoms with Gasteiger partial charge in [0.25, 0.3) is 0 Å². The van der Waals surface area contributed by atoms with Gasteiger partial charge in [0.05, 0.1) is 21.3 Å². The topological polar surface area (TPSA) is 188 Å². The van der Waals surface area contributed by atoms with Crippen LogP contribution in [-0.4, -0.2) is 77.9 Å². The molecule has 0 bridgehead atoms. The normalized spacial score (nSPS) is 20.5. The number of anilines is 3. The number of methoxy groups -OCH3 is 3. The Balaban J connectivity index is 1.59. The molecule has 0 aliphatic carbocycles. The number of halogens is 1. The maximum absolute atomic E-state index is 14.9. The minimum atomic E-state index is -5.42. The van der Waals surface area contributed by atoms with Crippen LogP contribution in [0.2, 0.25) is 0 Å². The predicted molar refractivity (Wildman–Crippen MR) is 153 cm³/mol. The van der Waals surface area contributed by atoms with Gasteiger partial charge in [0.2, 0.25) is 5.75 Å². The van der Waals surface area contributed by atoms with Crippen molar-refractivity contribution in [2.45, 2.75) is 32.2 Å². The Morgan fingerprint density at radius 3 is 2.31 bits per heavy atom. The second-order valence-electron chi connectivity index (χ2n) is 10.3. The molecule has 4 rings (SSSR count). The van der Waals surface area contributed by atoms with Crippen LogP contribution in [-0.2, 0) is 9.32 Å². The average molecular weight is 613 g/mol. The number of allylic oxidation sites excluding steroid dienone is 1. The number of ether oxygens (including phenoxy) is 4. The number of nitrogens with one attached hydrogen (secondary N) is 3. The standard InChI is InChI=1S/C25H34FN6O9P/c1-24(2)23(33)32(13-40-42(7,34,35)36)22-16(41-24)8-9-19(29-22)28-21-15(26)12-27-25(3,31-21)30-14-10-17(37-4)20(39-6)18(11-14)38-5/h8-12,30-31,34-36H,13H2,1-7H3,(H,28,29). The van der Waals surface area contributed by atoms with Crippen molar-refractivity contribution in [2.24, 2.45) is 4.99 Å². The van der Waals surface area contributed by atoms with Crippen LogP contribution >= 0.6 is 7.51 Å². The van der Waals surface area contributed by atoms with E-state index in [-0.39, 0.29) is 23.2 Å². The van der Waals surface area contributed by atoms with Gasteiger partial charge in [-0.15, -0.1) is 0 Å². The summed E-state index contributed by atoms with van der Waals surface area (Å²) in [6, 6.07) is 6.31. The third kappa shape index (κ3) is 6.74. The summed E-state index contributed by atoms with van der Waals surface area (Å²) in [5, 5.41) is 8.93. The van der Waals surface area contributed by atoms with E-state index in [1.54, 1.807) is 19.1 Å². The number of carbonyl (C=O) groups excluding carboxylic acids is 1. The fraction of sp³-hybridized carbons (Fsp3) is 0.400. The van der Waals surface area contributed by atoms with Crippen LogP contribution in [0.3, 0.4) is 0 Å². The van der Waals surface area contributed by atoms with E-state index in [1.165, 1.54) is 47.3 Å². The van der Waals surface area contributed by atoms with Gasteiger partial charge in [-0.1, -0.05) is 0 Å². The molecule has 42 heavy (non-hydrogen) atoms. The summed E-state index contributed by atoms with van der Waals surface area (Å²) in [6.45, 7) is 4.64. The van der Waals surface area contributed by atoms with E-state index in [9.17, 15) is 23.9 Å². The quantitative estimate of drug-likeness (QED) is 0.215. The van der Waals surface area contributed by atoms with Crippen molar-refractivity contribution < 1.29 is 47.3 Å². The molecule has 0 fully saturated rings. The number of benzene rings is 1. The first-order valence-corrected chi connectivity index (χ1v) is 14.9. The Bertz CT molecular complexity index is 1430. The number of aromatic nitrogens is 1. The molecule has 1 unspecified atom stereocenters. The molecule has 0 spiro atoms. The van der Waals surface area contributed by atoms with E-state index in [2.05, 4.69) is 25.9 Å². The monoisotopic (exact) mass is 612 g/mol. The fourth-order valence-electron chi connectivity index (χ4n) is 4.13. The second-order valence-corrected chi connectivity index (χ2v) is 13.1. The minimum Gasteiger partial charge on any atom is -0.493 e. The molecule has 15 nitrogen and oxygen atoms in total. The van der Waals surface area contributed by atoms with Crippen molar-refractivity contribution in [3.05, 3.63) is 35.9 Å². The molecule has 6 N–H and O–H groups in total. The van der Waals surface area contributed by atoms with Crippen LogP contribution in [0.15, 0.2) is 40.9 Å². The number of rotatable bonds is 10. The van der Waals surface area contributed by atoms with E-state index < -0.39 is 37.4 Å². The molecule has 1 atom stereocenters. The molecule has 2 aliphatic rings. The summed E-state index contributed by atoms with van der Waals surface area (Å²) in [5.74, 6) is -1.35. The van der Waals surface area contributed by atoms with Crippen LogP contribution < -0.4 is 39.8 Å². The number of hydrogen-bond donors (Lipinski definition) is 6. The molecular formula is C25H34FN6O9P. The van der Waals surface area contributed by atoms with Crippen molar-refractivity contribution in [3.8, 4) is 23.0 Å². The zero-order valence-electron chi connectivity index (χ0n) is 24.1. The van der Waals surface area contributed by atoms with Crippen molar-refractivity contribution in [2.75, 3.05) is 50.3 Å². The fourth-order valence-corrected chi connectivity index (χ4v) is 4.52. The Kier molecular flexibility index (Phi) is 7.90. The Morgan fingerprint density at radius 2 is 1.74 bits per heavy atom. The molecule has 2 aromatic rings. The summed E-state index contributed by atoms with van der Waals surface area (Å²) in [5.41, 5.74) is -0.836. The van der Waals surface area contributed by atoms with Gasteiger partial charge in [-0.2, -0.15) is 0 Å². The van der Waals surface area contributed by atoms with Crippen molar-refractivity contribution in [3.63, 3.8) is 0 Å². The summed E-state index contributed by atoms with van der Waals surface area (Å²) in [4.78, 5) is 51.9. The van der Waals surface area contributed by atoms with Gasteiger partial charge in [0.1, 0.15) is 0 Å². The first kappa shape index (κ1) is 31.0. The maximum atomic E-state index is 14.9. The van der Waals surface area contributed by atoms with Crippen LogP contribution in [0.1, 0.15) is 20.8 Å². The number of carbonyl (C=O) groups is 1. The van der Waals surface area contributed by atoms with Gasteiger partial charge in [0.15, 0.2) is 11.5 Å². The van der Waals surface area contributed by atoms with E-state index in [0.29, 0.717) is 29.6 Å². The van der Waals surface area contributed by atoms with Crippen molar-refractivity contribution in [1.82, 2.24) is 10.3 Å². The Hall–Kier alpha value is -3.95. The summed E-state index contributed by atoms with van der Waals surface area (Å²) in [7, 11) is -0.977. The molecule has 230 valence electrons. The van der Waals surface area contributed by atoms with Crippen LogP contribution in [0.4, 0.5) is 21.7 Å². The van der Waals surface area contributed by atoms with Crippen molar-refractivity contribution >= 4 is 37.0 Å². The molecule has 1 aromatic carbocycles. The van der Waals surface area contributed by atoms with Crippen molar-refractivity contribution in [1.29, 1.82) is 0 Å². The zero-order valence-corrected chi connectivity index (χ0v) is 24.9. The first-order chi connectivity index (χ1) is 19.4. The SMILES string of the molecule is COc1cc(NC2(C)N=CC(F)=C(Nc3ccc4c(n3)N(COP(C)(O)(O)O)C(=O)C(C)(C)O4)N2)cc(OC)c1OC. The average Bonchev–Trinajstić information content (AvgIpc) is 2.89. The summed E-state index contributed by atoms with van der Waals surface area (Å²) >= 11 is 0. The number of amides is 1. The molecular weight excluding hydrogens is 578 g/mol. The Labute approximate surface area is 241 Å². The number of pyridine rings is 1. The number of nitrogens with zero attached hydrogens (tertiary/aromatic N) is 3. The number of aliphatic imine (C=N–C) groups is 1. The molecule has 1 aromatic heterocycles. The van der Waals surface area contributed by atoms with E-state index >= 15 is 0 Å². The molecule has 3 heterocycles. The van der Waals surface area contributed by atoms with Crippen LogP contribution in [0.5, 0.6) is 23.0 Å².